The molecule has 1 saturated carbocycles. The zero-order valence-corrected chi connectivity index (χ0v) is 11.5. The molecule has 0 aromatic heterocycles. The quantitative estimate of drug-likeness (QED) is 0.430. The summed E-state index contributed by atoms with van der Waals surface area (Å²) in [5.74, 6) is 2.29. The Kier molecular flexibility index (Phi) is 4.26. The van der Waals surface area contributed by atoms with E-state index in [0.29, 0.717) is 23.7 Å². The van der Waals surface area contributed by atoms with Crippen LogP contribution in [0.4, 0.5) is 0 Å². The molecule has 0 N–H and O–H groups in total. The number of rotatable bonds is 4. The van der Waals surface area contributed by atoms with Crippen molar-refractivity contribution in [2.24, 2.45) is 23.7 Å². The van der Waals surface area contributed by atoms with Crippen molar-refractivity contribution in [2.75, 3.05) is 0 Å². The predicted molar refractivity (Wildman–Crippen MR) is 73.0 cm³/mol. The molecule has 2 heteroatoms. The van der Waals surface area contributed by atoms with Crippen molar-refractivity contribution in [1.82, 2.24) is 0 Å². The summed E-state index contributed by atoms with van der Waals surface area (Å²) in [6.07, 6.45) is 10.5. The molecule has 5 atom stereocenters. The van der Waals surface area contributed by atoms with Crippen LogP contribution in [0.5, 0.6) is 0 Å². The zero-order valence-electron chi connectivity index (χ0n) is 11.5. The fraction of sp³-hybridized carbons (Fsp3) is 0.688. The highest BCUT2D eigenvalue weighted by molar-refractivity contribution is 5.81. The minimum atomic E-state index is -0.266. The van der Waals surface area contributed by atoms with Crippen molar-refractivity contribution in [3.8, 4) is 0 Å². The number of hydrogen-bond donors (Lipinski definition) is 0. The first kappa shape index (κ1) is 13.4. The third kappa shape index (κ3) is 2.38. The number of fused-ring (bicyclic) bond motifs is 1. The molecule has 2 aliphatic carbocycles. The first-order valence-electron chi connectivity index (χ1n) is 7.20. The first-order chi connectivity index (χ1) is 8.71. The molecular formula is C16H24O2. The minimum Gasteiger partial charge on any atom is -0.459 e. The summed E-state index contributed by atoms with van der Waals surface area (Å²) in [7, 11) is 0. The molecule has 0 saturated heterocycles. The second-order valence-corrected chi connectivity index (χ2v) is 5.56. The molecule has 0 radical (unpaired) electrons. The highest BCUT2D eigenvalue weighted by Crippen LogP contribution is 2.48. The summed E-state index contributed by atoms with van der Waals surface area (Å²) in [4.78, 5) is 11.5. The van der Waals surface area contributed by atoms with Gasteiger partial charge in [-0.25, -0.2) is 4.79 Å². The average molecular weight is 248 g/mol. The molecule has 5 unspecified atom stereocenters. The second-order valence-electron chi connectivity index (χ2n) is 5.56. The van der Waals surface area contributed by atoms with Gasteiger partial charge in [0.2, 0.25) is 0 Å². The molecule has 0 aliphatic heterocycles. The van der Waals surface area contributed by atoms with Gasteiger partial charge < -0.3 is 4.74 Å². The summed E-state index contributed by atoms with van der Waals surface area (Å²) in [5, 5.41) is 0. The molecule has 2 aliphatic rings. The van der Waals surface area contributed by atoms with Gasteiger partial charge in [-0.15, -0.1) is 0 Å². The lowest BCUT2D eigenvalue weighted by atomic mass is 9.65. The van der Waals surface area contributed by atoms with E-state index in [-0.39, 0.29) is 12.1 Å². The number of allylic oxidation sites excluding steroid dienone is 2. The number of carbonyl (C=O) groups is 1. The molecular weight excluding hydrogens is 224 g/mol. The van der Waals surface area contributed by atoms with Crippen LogP contribution in [-0.4, -0.2) is 12.1 Å². The normalized spacial score (nSPS) is 38.2. The fourth-order valence-corrected chi connectivity index (χ4v) is 3.90. The molecule has 0 amide bonds. The van der Waals surface area contributed by atoms with E-state index in [9.17, 15) is 4.79 Å². The molecule has 0 bridgehead atoms. The van der Waals surface area contributed by atoms with Crippen LogP contribution in [0.1, 0.15) is 39.5 Å². The maximum atomic E-state index is 11.5. The Balaban J connectivity index is 2.14. The van der Waals surface area contributed by atoms with Crippen molar-refractivity contribution < 1.29 is 9.53 Å². The molecule has 2 nitrogen and oxygen atoms in total. The molecule has 0 aromatic carbocycles. The Bertz CT molecular complexity index is 345. The van der Waals surface area contributed by atoms with Crippen molar-refractivity contribution in [3.63, 3.8) is 0 Å². The molecule has 2 rings (SSSR count). The Labute approximate surface area is 110 Å². The lowest BCUT2D eigenvalue weighted by Crippen LogP contribution is -2.42. The van der Waals surface area contributed by atoms with Crippen molar-refractivity contribution in [2.45, 2.75) is 45.6 Å². The van der Waals surface area contributed by atoms with Crippen LogP contribution in [0.15, 0.2) is 24.8 Å². The zero-order chi connectivity index (χ0) is 13.1. The van der Waals surface area contributed by atoms with Crippen LogP contribution in [0.25, 0.3) is 0 Å². The van der Waals surface area contributed by atoms with Crippen molar-refractivity contribution >= 4 is 5.97 Å². The lowest BCUT2D eigenvalue weighted by Gasteiger charge is -2.43. The SMILES string of the molecule is C=CC(=O)OC1CC(CC)C2C=CCC2C1CC. The lowest BCUT2D eigenvalue weighted by molar-refractivity contribution is -0.152. The van der Waals surface area contributed by atoms with E-state index in [4.69, 9.17) is 4.74 Å². The van der Waals surface area contributed by atoms with E-state index in [1.807, 2.05) is 0 Å². The highest BCUT2D eigenvalue weighted by atomic mass is 16.5. The van der Waals surface area contributed by atoms with E-state index >= 15 is 0 Å². The smallest absolute Gasteiger partial charge is 0.330 e. The summed E-state index contributed by atoms with van der Waals surface area (Å²) >= 11 is 0. The molecule has 100 valence electrons. The van der Waals surface area contributed by atoms with E-state index in [0.717, 1.165) is 19.3 Å². The minimum absolute atomic E-state index is 0.0894. The number of esters is 1. The van der Waals surface area contributed by atoms with Gasteiger partial charge in [-0.3, -0.25) is 0 Å². The summed E-state index contributed by atoms with van der Waals surface area (Å²) in [6, 6.07) is 0. The monoisotopic (exact) mass is 248 g/mol. The van der Waals surface area contributed by atoms with E-state index in [1.54, 1.807) is 0 Å². The van der Waals surface area contributed by atoms with E-state index in [1.165, 1.54) is 12.5 Å². The number of ether oxygens (including phenoxy) is 1. The van der Waals surface area contributed by atoms with E-state index in [2.05, 4.69) is 32.6 Å². The molecule has 0 heterocycles. The Morgan fingerprint density at radius 2 is 2.22 bits per heavy atom. The Morgan fingerprint density at radius 3 is 2.83 bits per heavy atom. The highest BCUT2D eigenvalue weighted by Gasteiger charge is 2.44. The molecule has 1 fully saturated rings. The maximum Gasteiger partial charge on any atom is 0.330 e. The molecule has 18 heavy (non-hydrogen) atoms. The molecule has 0 spiro atoms. The fourth-order valence-electron chi connectivity index (χ4n) is 3.90. The van der Waals surface area contributed by atoms with Gasteiger partial charge in [0.05, 0.1) is 0 Å². The van der Waals surface area contributed by atoms with Crippen LogP contribution < -0.4 is 0 Å². The second kappa shape index (κ2) is 5.73. The summed E-state index contributed by atoms with van der Waals surface area (Å²) < 4.78 is 5.60. The van der Waals surface area contributed by atoms with Gasteiger partial charge in [0.25, 0.3) is 0 Å². The van der Waals surface area contributed by atoms with Crippen LogP contribution in [0.2, 0.25) is 0 Å². The van der Waals surface area contributed by atoms with Crippen LogP contribution in [0, 0.1) is 23.7 Å². The van der Waals surface area contributed by atoms with Crippen LogP contribution >= 0.6 is 0 Å². The van der Waals surface area contributed by atoms with E-state index < -0.39 is 0 Å². The third-order valence-corrected chi connectivity index (χ3v) is 4.80. The standard InChI is InChI=1S/C16H24O2/c1-4-11-10-15(18-16(17)6-3)12(5-2)14-9-7-8-13(11)14/h6-8,11-15H,3-5,9-10H2,1-2H3. The Morgan fingerprint density at radius 1 is 1.44 bits per heavy atom. The van der Waals surface area contributed by atoms with Gasteiger partial charge in [-0.1, -0.05) is 39.0 Å². The van der Waals surface area contributed by atoms with Crippen LogP contribution in [-0.2, 0) is 9.53 Å². The number of hydrogen-bond acceptors (Lipinski definition) is 2. The predicted octanol–water partition coefficient (Wildman–Crippen LogP) is 3.73. The van der Waals surface area contributed by atoms with Gasteiger partial charge in [0.15, 0.2) is 0 Å². The van der Waals surface area contributed by atoms with Crippen molar-refractivity contribution in [1.29, 1.82) is 0 Å². The molecule has 0 aromatic rings. The topological polar surface area (TPSA) is 26.3 Å². The Hall–Kier alpha value is -1.05. The first-order valence-corrected chi connectivity index (χ1v) is 7.20. The van der Waals surface area contributed by atoms with Gasteiger partial charge in [-0.2, -0.15) is 0 Å². The van der Waals surface area contributed by atoms with Crippen LogP contribution in [0.3, 0.4) is 0 Å². The van der Waals surface area contributed by atoms with Gasteiger partial charge in [-0.05, 0) is 42.9 Å². The van der Waals surface area contributed by atoms with Gasteiger partial charge in [0, 0.05) is 6.08 Å². The number of carbonyl (C=O) groups excluding carboxylic acids is 1. The van der Waals surface area contributed by atoms with Gasteiger partial charge >= 0.3 is 5.97 Å². The summed E-state index contributed by atoms with van der Waals surface area (Å²) in [5.41, 5.74) is 0. The summed E-state index contributed by atoms with van der Waals surface area (Å²) in [6.45, 7) is 7.95. The third-order valence-electron chi connectivity index (χ3n) is 4.80. The average Bonchev–Trinajstić information content (AvgIpc) is 2.86. The van der Waals surface area contributed by atoms with Crippen molar-refractivity contribution in [3.05, 3.63) is 24.8 Å². The maximum absolute atomic E-state index is 11.5. The largest absolute Gasteiger partial charge is 0.459 e. The van der Waals surface area contributed by atoms with Gasteiger partial charge in [0.1, 0.15) is 6.10 Å².